The number of nitrogens with one attached hydrogen (secondary N) is 2. The summed E-state index contributed by atoms with van der Waals surface area (Å²) in [7, 11) is 0. The molecule has 0 spiro atoms. The fraction of sp³-hybridized carbons (Fsp3) is 0.826. The Labute approximate surface area is 192 Å². The van der Waals surface area contributed by atoms with Crippen molar-refractivity contribution in [1.29, 1.82) is 0 Å². The molecule has 0 aromatic rings. The zero-order valence-electron chi connectivity index (χ0n) is 19.4. The normalized spacial score (nSPS) is 16.0. The van der Waals surface area contributed by atoms with E-state index in [1.807, 2.05) is 20.8 Å². The molecule has 1 heterocycles. The summed E-state index contributed by atoms with van der Waals surface area (Å²) >= 11 is 4.86. The first kappa shape index (κ1) is 27.3. The van der Waals surface area contributed by atoms with Crippen LogP contribution in [0.3, 0.4) is 0 Å². The van der Waals surface area contributed by atoms with Crippen molar-refractivity contribution in [2.24, 2.45) is 5.41 Å². The lowest BCUT2D eigenvalue weighted by atomic mass is 9.97. The molecule has 1 aliphatic rings. The predicted octanol–water partition coefficient (Wildman–Crippen LogP) is 4.17. The molecule has 178 valence electrons. The summed E-state index contributed by atoms with van der Waals surface area (Å²) in [5.74, 6) is -0.567. The highest BCUT2D eigenvalue weighted by molar-refractivity contribution is 7.80. The van der Waals surface area contributed by atoms with Gasteiger partial charge in [-0.1, -0.05) is 51.4 Å². The second-order valence-corrected chi connectivity index (χ2v) is 9.60. The van der Waals surface area contributed by atoms with Gasteiger partial charge in [0, 0.05) is 6.42 Å². The van der Waals surface area contributed by atoms with Gasteiger partial charge in [-0.15, -0.1) is 0 Å². The van der Waals surface area contributed by atoms with Crippen LogP contribution in [0.15, 0.2) is 0 Å². The number of hydrogen-bond donors (Lipinski definition) is 2. The van der Waals surface area contributed by atoms with Crippen LogP contribution in [0, 0.1) is 5.41 Å². The zero-order valence-corrected chi connectivity index (χ0v) is 20.2. The molecule has 31 heavy (non-hydrogen) atoms. The molecular weight excluding hydrogens is 416 g/mol. The van der Waals surface area contributed by atoms with Crippen LogP contribution in [0.1, 0.15) is 97.8 Å². The highest BCUT2D eigenvalue weighted by Crippen LogP contribution is 2.16. The van der Waals surface area contributed by atoms with Crippen LogP contribution in [0.2, 0.25) is 0 Å². The van der Waals surface area contributed by atoms with Crippen molar-refractivity contribution in [2.45, 2.75) is 104 Å². The van der Waals surface area contributed by atoms with Gasteiger partial charge in [0.25, 0.3) is 0 Å². The van der Waals surface area contributed by atoms with Crippen LogP contribution in [0.25, 0.3) is 0 Å². The molecule has 2 N–H and O–H groups in total. The van der Waals surface area contributed by atoms with Gasteiger partial charge >= 0.3 is 11.9 Å². The largest absolute Gasteiger partial charge is 0.466 e. The van der Waals surface area contributed by atoms with Crippen LogP contribution >= 0.6 is 12.2 Å². The molecular formula is C23H40N2O5S. The van der Waals surface area contributed by atoms with E-state index in [2.05, 4.69) is 10.6 Å². The first-order chi connectivity index (χ1) is 14.7. The molecule has 1 atom stereocenters. The van der Waals surface area contributed by atoms with E-state index in [-0.39, 0.29) is 24.3 Å². The number of hydrogen-bond acceptors (Lipinski definition) is 6. The molecule has 0 bridgehead atoms. The van der Waals surface area contributed by atoms with Gasteiger partial charge in [-0.25, -0.2) is 0 Å². The summed E-state index contributed by atoms with van der Waals surface area (Å²) in [5, 5.41) is 5.66. The Morgan fingerprint density at radius 2 is 1.35 bits per heavy atom. The lowest BCUT2D eigenvalue weighted by Gasteiger charge is -2.16. The summed E-state index contributed by atoms with van der Waals surface area (Å²) in [5.41, 5.74) is -0.414. The van der Waals surface area contributed by atoms with Gasteiger partial charge in [-0.2, -0.15) is 0 Å². The number of ether oxygens (including phenoxy) is 2. The van der Waals surface area contributed by atoms with E-state index in [0.717, 1.165) is 32.1 Å². The Kier molecular flexibility index (Phi) is 13.4. The highest BCUT2D eigenvalue weighted by atomic mass is 32.1. The average Bonchev–Trinajstić information content (AvgIpc) is 3.02. The molecule has 1 unspecified atom stereocenters. The van der Waals surface area contributed by atoms with E-state index in [1.165, 1.54) is 32.1 Å². The maximum atomic E-state index is 11.7. The van der Waals surface area contributed by atoms with E-state index < -0.39 is 11.5 Å². The Morgan fingerprint density at radius 1 is 0.871 bits per heavy atom. The van der Waals surface area contributed by atoms with Crippen LogP contribution in [-0.4, -0.2) is 42.2 Å². The van der Waals surface area contributed by atoms with Crippen molar-refractivity contribution >= 4 is 35.2 Å². The molecule has 1 amide bonds. The number of esters is 2. The van der Waals surface area contributed by atoms with Gasteiger partial charge in [0.15, 0.2) is 5.11 Å². The summed E-state index contributed by atoms with van der Waals surface area (Å²) in [4.78, 5) is 34.9. The fourth-order valence-electron chi connectivity index (χ4n) is 3.18. The van der Waals surface area contributed by atoms with Crippen molar-refractivity contribution in [1.82, 2.24) is 10.6 Å². The Morgan fingerprint density at radius 3 is 1.81 bits per heavy atom. The maximum Gasteiger partial charge on any atom is 0.311 e. The summed E-state index contributed by atoms with van der Waals surface area (Å²) in [6.45, 7) is 6.59. The zero-order chi connectivity index (χ0) is 23.1. The smallest absolute Gasteiger partial charge is 0.311 e. The SMILES string of the molecule is CC(C)(C)C(=O)OCCCCCCCCCCCCOC(=O)CCC1NC(=S)NC1=O. The molecule has 1 rings (SSSR count). The van der Waals surface area contributed by atoms with Gasteiger partial charge in [0.2, 0.25) is 5.91 Å². The Bertz CT molecular complexity index is 589. The number of carbonyl (C=O) groups excluding carboxylic acids is 3. The molecule has 8 heteroatoms. The molecule has 1 aliphatic heterocycles. The van der Waals surface area contributed by atoms with Gasteiger partial charge in [-0.05, 0) is 52.3 Å². The van der Waals surface area contributed by atoms with Gasteiger partial charge < -0.3 is 20.1 Å². The van der Waals surface area contributed by atoms with E-state index >= 15 is 0 Å². The molecule has 0 aliphatic carbocycles. The highest BCUT2D eigenvalue weighted by Gasteiger charge is 2.27. The number of unbranched alkanes of at least 4 members (excludes halogenated alkanes) is 9. The van der Waals surface area contributed by atoms with Crippen molar-refractivity contribution < 1.29 is 23.9 Å². The van der Waals surface area contributed by atoms with Crippen molar-refractivity contribution in [2.75, 3.05) is 13.2 Å². The number of thiocarbonyl (C=S) groups is 1. The van der Waals surface area contributed by atoms with E-state index in [9.17, 15) is 14.4 Å². The third-order valence-electron chi connectivity index (χ3n) is 5.14. The van der Waals surface area contributed by atoms with Gasteiger partial charge in [0.05, 0.1) is 18.6 Å². The van der Waals surface area contributed by atoms with E-state index in [4.69, 9.17) is 21.7 Å². The van der Waals surface area contributed by atoms with Gasteiger partial charge in [-0.3, -0.25) is 14.4 Å². The van der Waals surface area contributed by atoms with Crippen LogP contribution in [0.4, 0.5) is 0 Å². The lowest BCUT2D eigenvalue weighted by Crippen LogP contribution is -2.29. The van der Waals surface area contributed by atoms with Crippen molar-refractivity contribution in [3.05, 3.63) is 0 Å². The first-order valence-corrected chi connectivity index (χ1v) is 12.0. The standard InChI is InChI=1S/C23H40N2O5S/c1-23(2,3)21(28)30-17-13-11-9-7-5-4-6-8-10-12-16-29-19(26)15-14-18-20(27)25-22(31)24-18/h18H,4-17H2,1-3H3,(H2,24,25,27,31). The minimum absolute atomic E-state index is 0.122. The molecule has 0 aromatic carbocycles. The second-order valence-electron chi connectivity index (χ2n) is 9.20. The van der Waals surface area contributed by atoms with Crippen molar-refractivity contribution in [3.8, 4) is 0 Å². The first-order valence-electron chi connectivity index (χ1n) is 11.6. The minimum Gasteiger partial charge on any atom is -0.466 e. The number of carbonyl (C=O) groups is 3. The maximum absolute atomic E-state index is 11.7. The van der Waals surface area contributed by atoms with Crippen LogP contribution in [0.5, 0.6) is 0 Å². The summed E-state index contributed by atoms with van der Waals surface area (Å²) in [6, 6.07) is -0.425. The fourth-order valence-corrected chi connectivity index (χ4v) is 3.43. The van der Waals surface area contributed by atoms with Crippen LogP contribution in [-0.2, 0) is 23.9 Å². The average molecular weight is 457 g/mol. The van der Waals surface area contributed by atoms with Gasteiger partial charge in [0.1, 0.15) is 6.04 Å². The number of amides is 1. The van der Waals surface area contributed by atoms with E-state index in [0.29, 0.717) is 24.7 Å². The van der Waals surface area contributed by atoms with E-state index in [1.54, 1.807) is 0 Å². The quantitative estimate of drug-likeness (QED) is 0.204. The molecule has 1 fully saturated rings. The van der Waals surface area contributed by atoms with Crippen LogP contribution < -0.4 is 10.6 Å². The molecule has 1 saturated heterocycles. The summed E-state index contributed by atoms with van der Waals surface area (Å²) in [6.07, 6.45) is 11.9. The third kappa shape index (κ3) is 13.3. The second kappa shape index (κ2) is 15.2. The monoisotopic (exact) mass is 456 g/mol. The van der Waals surface area contributed by atoms with Crippen molar-refractivity contribution in [3.63, 3.8) is 0 Å². The molecule has 0 saturated carbocycles. The topological polar surface area (TPSA) is 93.7 Å². The molecule has 7 nitrogen and oxygen atoms in total. The minimum atomic E-state index is -0.425. The number of rotatable bonds is 16. The Balaban J connectivity index is 1.81. The third-order valence-corrected chi connectivity index (χ3v) is 5.36. The Hall–Kier alpha value is -1.70. The lowest BCUT2D eigenvalue weighted by molar-refractivity contribution is -0.153. The molecule has 0 radical (unpaired) electrons. The predicted molar refractivity (Wildman–Crippen MR) is 124 cm³/mol. The molecule has 0 aromatic heterocycles. The summed E-state index contributed by atoms with van der Waals surface area (Å²) < 4.78 is 10.5.